The van der Waals surface area contributed by atoms with E-state index in [4.69, 9.17) is 4.52 Å². The molecule has 1 atom stereocenters. The number of aromatic nitrogens is 1. The molecule has 1 aliphatic heterocycles. The molecular formula is C17H19FN2O2. The second-order valence-electron chi connectivity index (χ2n) is 5.81. The van der Waals surface area contributed by atoms with E-state index in [9.17, 15) is 9.18 Å². The van der Waals surface area contributed by atoms with Crippen LogP contribution in [0.2, 0.25) is 0 Å². The van der Waals surface area contributed by atoms with Crippen LogP contribution in [-0.2, 0) is 6.42 Å². The van der Waals surface area contributed by atoms with Crippen molar-refractivity contribution in [3.63, 3.8) is 0 Å². The Hall–Kier alpha value is -2.17. The molecule has 0 saturated carbocycles. The van der Waals surface area contributed by atoms with Gasteiger partial charge in [-0.1, -0.05) is 17.3 Å². The third-order valence-corrected chi connectivity index (χ3v) is 4.22. The van der Waals surface area contributed by atoms with Crippen molar-refractivity contribution in [2.45, 2.75) is 25.7 Å². The minimum atomic E-state index is -0.203. The van der Waals surface area contributed by atoms with Crippen LogP contribution in [0.25, 0.3) is 0 Å². The van der Waals surface area contributed by atoms with E-state index in [1.54, 1.807) is 6.07 Å². The zero-order valence-electron chi connectivity index (χ0n) is 12.4. The number of amides is 1. The molecule has 1 fully saturated rings. The number of benzene rings is 1. The van der Waals surface area contributed by atoms with E-state index in [1.165, 1.54) is 18.4 Å². The largest absolute Gasteiger partial charge is 0.364 e. The maximum atomic E-state index is 12.9. The molecular weight excluding hydrogens is 283 g/mol. The van der Waals surface area contributed by atoms with E-state index >= 15 is 0 Å². The first kappa shape index (κ1) is 14.8. The highest BCUT2D eigenvalue weighted by Crippen LogP contribution is 2.22. The van der Waals surface area contributed by atoms with Gasteiger partial charge >= 0.3 is 0 Å². The zero-order valence-corrected chi connectivity index (χ0v) is 12.4. The van der Waals surface area contributed by atoms with Crippen LogP contribution in [0.1, 0.15) is 35.3 Å². The molecule has 1 aromatic heterocycles. The summed E-state index contributed by atoms with van der Waals surface area (Å²) in [6, 6.07) is 8.25. The van der Waals surface area contributed by atoms with Gasteiger partial charge in [-0.25, -0.2) is 4.39 Å². The van der Waals surface area contributed by atoms with Crippen LogP contribution in [0.15, 0.2) is 41.1 Å². The fourth-order valence-corrected chi connectivity index (χ4v) is 2.99. The first-order valence-electron chi connectivity index (χ1n) is 7.66. The molecule has 1 aromatic carbocycles. The number of hydrogen-bond acceptors (Lipinski definition) is 3. The van der Waals surface area contributed by atoms with Gasteiger partial charge in [0.15, 0.2) is 5.69 Å². The minimum Gasteiger partial charge on any atom is -0.364 e. The summed E-state index contributed by atoms with van der Waals surface area (Å²) in [5, 5.41) is 3.72. The van der Waals surface area contributed by atoms with E-state index < -0.39 is 0 Å². The van der Waals surface area contributed by atoms with E-state index in [0.29, 0.717) is 11.6 Å². The quantitative estimate of drug-likeness (QED) is 0.870. The summed E-state index contributed by atoms with van der Waals surface area (Å²) < 4.78 is 17.6. The Morgan fingerprint density at radius 1 is 1.32 bits per heavy atom. The molecule has 116 valence electrons. The highest BCUT2D eigenvalue weighted by molar-refractivity contribution is 5.92. The van der Waals surface area contributed by atoms with Crippen molar-refractivity contribution < 1.29 is 13.7 Å². The van der Waals surface area contributed by atoms with Crippen molar-refractivity contribution in [2.75, 3.05) is 13.1 Å². The van der Waals surface area contributed by atoms with Crippen molar-refractivity contribution in [1.82, 2.24) is 10.1 Å². The van der Waals surface area contributed by atoms with Gasteiger partial charge in [-0.15, -0.1) is 0 Å². The second kappa shape index (κ2) is 6.73. The van der Waals surface area contributed by atoms with Crippen molar-refractivity contribution >= 4 is 5.91 Å². The second-order valence-corrected chi connectivity index (χ2v) is 5.81. The van der Waals surface area contributed by atoms with Crippen molar-refractivity contribution in [3.05, 3.63) is 53.7 Å². The number of halogens is 1. The van der Waals surface area contributed by atoms with Gasteiger partial charge in [-0.3, -0.25) is 4.79 Å². The maximum absolute atomic E-state index is 12.9. The number of carbonyl (C=O) groups excluding carboxylic acids is 1. The van der Waals surface area contributed by atoms with E-state index in [-0.39, 0.29) is 11.7 Å². The smallest absolute Gasteiger partial charge is 0.276 e. The molecule has 0 spiro atoms. The Morgan fingerprint density at radius 3 is 2.86 bits per heavy atom. The topological polar surface area (TPSA) is 46.3 Å². The molecule has 0 N–H and O–H groups in total. The van der Waals surface area contributed by atoms with Crippen molar-refractivity contribution in [3.8, 4) is 0 Å². The molecule has 2 heterocycles. The number of aryl methyl sites for hydroxylation is 1. The van der Waals surface area contributed by atoms with E-state index in [1.807, 2.05) is 17.0 Å². The molecule has 0 radical (unpaired) electrons. The molecule has 0 aliphatic carbocycles. The lowest BCUT2D eigenvalue weighted by Gasteiger charge is -2.32. The lowest BCUT2D eigenvalue weighted by atomic mass is 9.91. The molecule has 2 aromatic rings. The van der Waals surface area contributed by atoms with Crippen LogP contribution in [0.3, 0.4) is 0 Å². The predicted octanol–water partition coefficient (Wildman–Crippen LogP) is 3.30. The SMILES string of the molecule is O=C(c1ccon1)N1CCC[C@H](CCc2ccc(F)cc2)C1. The van der Waals surface area contributed by atoms with Gasteiger partial charge in [-0.2, -0.15) is 0 Å². The Balaban J connectivity index is 1.54. The number of piperidine rings is 1. The molecule has 5 heteroatoms. The molecule has 0 bridgehead atoms. The molecule has 1 aliphatic rings. The van der Waals surface area contributed by atoms with Gasteiger partial charge < -0.3 is 9.42 Å². The average Bonchev–Trinajstić information content (AvgIpc) is 3.08. The lowest BCUT2D eigenvalue weighted by Crippen LogP contribution is -2.40. The number of carbonyl (C=O) groups is 1. The summed E-state index contributed by atoms with van der Waals surface area (Å²) in [5.74, 6) is 0.223. The number of nitrogens with zero attached hydrogens (tertiary/aromatic N) is 2. The molecule has 3 rings (SSSR count). The van der Waals surface area contributed by atoms with Gasteiger partial charge in [0.05, 0.1) is 0 Å². The number of hydrogen-bond donors (Lipinski definition) is 0. The Labute approximate surface area is 128 Å². The lowest BCUT2D eigenvalue weighted by molar-refractivity contribution is 0.0658. The summed E-state index contributed by atoms with van der Waals surface area (Å²) >= 11 is 0. The van der Waals surface area contributed by atoms with Crippen LogP contribution in [0.4, 0.5) is 4.39 Å². The van der Waals surface area contributed by atoms with Gasteiger partial charge in [0.1, 0.15) is 12.1 Å². The Kier molecular flexibility index (Phi) is 4.51. The van der Waals surface area contributed by atoms with Crippen LogP contribution >= 0.6 is 0 Å². The fraction of sp³-hybridized carbons (Fsp3) is 0.412. The summed E-state index contributed by atoms with van der Waals surface area (Å²) in [4.78, 5) is 14.1. The maximum Gasteiger partial charge on any atom is 0.276 e. The highest BCUT2D eigenvalue weighted by atomic mass is 19.1. The van der Waals surface area contributed by atoms with Crippen LogP contribution in [-0.4, -0.2) is 29.1 Å². The van der Waals surface area contributed by atoms with Crippen molar-refractivity contribution in [1.29, 1.82) is 0 Å². The third kappa shape index (κ3) is 3.53. The van der Waals surface area contributed by atoms with Crippen LogP contribution in [0.5, 0.6) is 0 Å². The Bertz CT molecular complexity index is 610. The first-order valence-corrected chi connectivity index (χ1v) is 7.66. The summed E-state index contributed by atoms with van der Waals surface area (Å²) in [5.41, 5.74) is 1.51. The van der Waals surface area contributed by atoms with Crippen LogP contribution < -0.4 is 0 Å². The Morgan fingerprint density at radius 2 is 2.14 bits per heavy atom. The van der Waals surface area contributed by atoms with Crippen molar-refractivity contribution in [2.24, 2.45) is 5.92 Å². The summed E-state index contributed by atoms with van der Waals surface area (Å²) in [6.07, 6.45) is 5.48. The van der Waals surface area contributed by atoms with E-state index in [2.05, 4.69) is 5.16 Å². The molecule has 22 heavy (non-hydrogen) atoms. The number of likely N-dealkylation sites (tertiary alicyclic amines) is 1. The third-order valence-electron chi connectivity index (χ3n) is 4.22. The van der Waals surface area contributed by atoms with Gasteiger partial charge in [0, 0.05) is 19.2 Å². The van der Waals surface area contributed by atoms with Crippen LogP contribution in [0, 0.1) is 11.7 Å². The normalized spacial score (nSPS) is 18.4. The average molecular weight is 302 g/mol. The van der Waals surface area contributed by atoms with Gasteiger partial charge in [-0.05, 0) is 49.3 Å². The molecule has 1 saturated heterocycles. The van der Waals surface area contributed by atoms with Gasteiger partial charge in [0.25, 0.3) is 5.91 Å². The van der Waals surface area contributed by atoms with Gasteiger partial charge in [0.2, 0.25) is 0 Å². The molecule has 4 nitrogen and oxygen atoms in total. The first-order chi connectivity index (χ1) is 10.7. The summed E-state index contributed by atoms with van der Waals surface area (Å²) in [7, 11) is 0. The fourth-order valence-electron chi connectivity index (χ4n) is 2.99. The number of rotatable bonds is 4. The van der Waals surface area contributed by atoms with E-state index in [0.717, 1.165) is 44.3 Å². The molecule has 0 unspecified atom stereocenters. The standard InChI is InChI=1S/C17H19FN2O2/c18-15-7-5-13(6-8-15)3-4-14-2-1-10-20(12-14)17(21)16-9-11-22-19-16/h5-9,11,14H,1-4,10,12H2/t14-/m1/s1. The predicted molar refractivity (Wildman–Crippen MR) is 79.9 cm³/mol. The molecule has 1 amide bonds. The monoisotopic (exact) mass is 302 g/mol. The zero-order chi connectivity index (χ0) is 15.4. The highest BCUT2D eigenvalue weighted by Gasteiger charge is 2.25. The minimum absolute atomic E-state index is 0.0553. The summed E-state index contributed by atoms with van der Waals surface area (Å²) in [6.45, 7) is 1.53.